The number of aromatic nitrogens is 1. The fraction of sp³-hybridized carbons (Fsp3) is 0.179. The predicted molar refractivity (Wildman–Crippen MR) is 144 cm³/mol. The van der Waals surface area contributed by atoms with Crippen LogP contribution in [0.5, 0.6) is 23.0 Å². The second-order valence-corrected chi connectivity index (χ2v) is 8.66. The number of hydrogen-bond acceptors (Lipinski definition) is 6. The second-order valence-electron chi connectivity index (χ2n) is 8.66. The Labute approximate surface area is 224 Å². The van der Waals surface area contributed by atoms with Gasteiger partial charge in [0.05, 0.1) is 19.7 Å². The van der Waals surface area contributed by atoms with E-state index in [4.69, 9.17) is 14.2 Å². The zero-order chi connectivity index (χ0) is 26.0. The normalized spacial score (nSPS) is 13.1. The van der Waals surface area contributed by atoms with Gasteiger partial charge in [0.15, 0.2) is 11.5 Å². The van der Waals surface area contributed by atoms with Gasteiger partial charge in [-0.3, -0.25) is 14.6 Å². The highest BCUT2D eigenvalue weighted by Gasteiger charge is 2.56. The number of benzene rings is 3. The molecule has 8 nitrogen and oxygen atoms in total. The number of rotatable bonds is 8. The number of anilines is 2. The summed E-state index contributed by atoms with van der Waals surface area (Å²) in [5, 5.41) is 6.26. The highest BCUT2D eigenvalue weighted by molar-refractivity contribution is 6.16. The van der Waals surface area contributed by atoms with Crippen LogP contribution in [0.3, 0.4) is 0 Å². The van der Waals surface area contributed by atoms with Crippen molar-refractivity contribution in [3.8, 4) is 23.0 Å². The summed E-state index contributed by atoms with van der Waals surface area (Å²) in [5.74, 6) is 1.06. The van der Waals surface area contributed by atoms with Crippen LogP contribution >= 0.6 is 12.4 Å². The van der Waals surface area contributed by atoms with Gasteiger partial charge < -0.3 is 24.8 Å². The molecule has 0 radical (unpaired) electrons. The maximum absolute atomic E-state index is 13.1. The number of methoxy groups -OCH3 is 2. The van der Waals surface area contributed by atoms with Crippen LogP contribution in [0.4, 0.5) is 15.8 Å². The summed E-state index contributed by atoms with van der Waals surface area (Å²) in [6.45, 7) is 0. The van der Waals surface area contributed by atoms with Crippen LogP contribution in [0.1, 0.15) is 12.8 Å². The smallest absolute Gasteiger partial charge is 0.240 e. The van der Waals surface area contributed by atoms with Crippen molar-refractivity contribution in [2.75, 3.05) is 24.9 Å². The van der Waals surface area contributed by atoms with Crippen molar-refractivity contribution in [1.82, 2.24) is 4.98 Å². The largest absolute Gasteiger partial charge is 0.493 e. The molecule has 1 fully saturated rings. The number of nitrogens with one attached hydrogen (secondary N) is 2. The first-order valence-corrected chi connectivity index (χ1v) is 11.6. The Morgan fingerprint density at radius 1 is 0.816 bits per heavy atom. The van der Waals surface area contributed by atoms with Gasteiger partial charge in [0.2, 0.25) is 11.8 Å². The van der Waals surface area contributed by atoms with Crippen LogP contribution in [-0.4, -0.2) is 31.0 Å². The topological polar surface area (TPSA) is 98.8 Å². The zero-order valence-corrected chi connectivity index (χ0v) is 21.4. The van der Waals surface area contributed by atoms with Crippen LogP contribution in [-0.2, 0) is 9.59 Å². The van der Waals surface area contributed by atoms with Gasteiger partial charge in [-0.25, -0.2) is 4.39 Å². The Morgan fingerprint density at radius 2 is 1.37 bits per heavy atom. The van der Waals surface area contributed by atoms with Crippen molar-refractivity contribution in [2.45, 2.75) is 12.8 Å². The van der Waals surface area contributed by atoms with E-state index in [1.807, 2.05) is 0 Å². The Morgan fingerprint density at radius 3 is 1.92 bits per heavy atom. The monoisotopic (exact) mass is 537 g/mol. The van der Waals surface area contributed by atoms with E-state index in [0.29, 0.717) is 52.7 Å². The van der Waals surface area contributed by atoms with E-state index in [-0.39, 0.29) is 18.3 Å². The lowest BCUT2D eigenvalue weighted by Gasteiger charge is -2.16. The van der Waals surface area contributed by atoms with Gasteiger partial charge in [-0.2, -0.15) is 0 Å². The molecule has 1 saturated carbocycles. The summed E-state index contributed by atoms with van der Waals surface area (Å²) in [6.07, 6.45) is 2.52. The van der Waals surface area contributed by atoms with Crippen molar-refractivity contribution in [2.24, 2.45) is 5.41 Å². The van der Waals surface area contributed by atoms with Crippen LogP contribution in [0.15, 0.2) is 72.9 Å². The molecule has 0 atom stereocenters. The molecule has 1 aliphatic rings. The summed E-state index contributed by atoms with van der Waals surface area (Å²) in [5.41, 5.74) is 0.517. The van der Waals surface area contributed by atoms with E-state index in [9.17, 15) is 14.0 Å². The fourth-order valence-electron chi connectivity index (χ4n) is 3.99. The molecule has 4 aromatic rings. The minimum atomic E-state index is -1.14. The molecule has 3 aromatic carbocycles. The number of carbonyl (C=O) groups is 2. The first-order chi connectivity index (χ1) is 17.9. The molecule has 0 spiro atoms. The average molecular weight is 538 g/mol. The number of hydrogen-bond donors (Lipinski definition) is 2. The average Bonchev–Trinajstić information content (AvgIpc) is 3.73. The van der Waals surface area contributed by atoms with E-state index in [2.05, 4.69) is 15.6 Å². The fourth-order valence-corrected chi connectivity index (χ4v) is 3.99. The van der Waals surface area contributed by atoms with Gasteiger partial charge in [0.1, 0.15) is 22.7 Å². The Hall–Kier alpha value is -4.37. The molecule has 2 N–H and O–H groups in total. The quantitative estimate of drug-likeness (QED) is 0.269. The molecule has 10 heteroatoms. The van der Waals surface area contributed by atoms with Crippen molar-refractivity contribution in [3.63, 3.8) is 0 Å². The van der Waals surface area contributed by atoms with Gasteiger partial charge in [0.25, 0.3) is 0 Å². The molecule has 5 rings (SSSR count). The summed E-state index contributed by atoms with van der Waals surface area (Å²) < 4.78 is 29.9. The lowest BCUT2D eigenvalue weighted by atomic mass is 10.0. The van der Waals surface area contributed by atoms with E-state index >= 15 is 0 Å². The Kier molecular flexibility index (Phi) is 7.68. The van der Waals surface area contributed by atoms with Gasteiger partial charge >= 0.3 is 0 Å². The maximum Gasteiger partial charge on any atom is 0.240 e. The SMILES string of the molecule is COc1cc2nccc(Oc3ccc(NC(=O)C4(C(=O)Nc5ccc(F)cc5)CC4)cc3)c2cc1OC.Cl. The standard InChI is InChI=1S/C28H24FN3O5.ClH/c1-35-24-15-21-22(16-25(24)36-2)30-14-11-23(21)37-20-9-7-19(8-10-20)32-27(34)28(12-13-28)26(33)31-18-5-3-17(29)4-6-18;/h3-11,14-16H,12-13H2,1-2H3,(H,31,33)(H,32,34);1H. The molecule has 38 heavy (non-hydrogen) atoms. The van der Waals surface area contributed by atoms with E-state index in [0.717, 1.165) is 5.39 Å². The summed E-state index contributed by atoms with van der Waals surface area (Å²) in [4.78, 5) is 30.1. The van der Waals surface area contributed by atoms with Crippen molar-refractivity contribution in [3.05, 3.63) is 78.7 Å². The zero-order valence-electron chi connectivity index (χ0n) is 20.6. The van der Waals surface area contributed by atoms with Gasteiger partial charge in [-0.1, -0.05) is 0 Å². The number of ether oxygens (including phenoxy) is 3. The summed E-state index contributed by atoms with van der Waals surface area (Å²) in [6, 6.07) is 17.6. The van der Waals surface area contributed by atoms with Crippen molar-refractivity contribution >= 4 is 46.5 Å². The number of halogens is 2. The third-order valence-electron chi connectivity index (χ3n) is 6.27. The molecule has 1 aliphatic carbocycles. The lowest BCUT2D eigenvalue weighted by molar-refractivity contribution is -0.131. The third kappa shape index (κ3) is 5.33. The number of nitrogens with zero attached hydrogens (tertiary/aromatic N) is 1. The first kappa shape index (κ1) is 26.7. The van der Waals surface area contributed by atoms with Crippen molar-refractivity contribution < 1.29 is 28.2 Å². The highest BCUT2D eigenvalue weighted by Crippen LogP contribution is 2.47. The van der Waals surface area contributed by atoms with E-state index in [1.165, 1.54) is 24.3 Å². The lowest BCUT2D eigenvalue weighted by Crippen LogP contribution is -2.35. The van der Waals surface area contributed by atoms with Crippen LogP contribution in [0.2, 0.25) is 0 Å². The van der Waals surface area contributed by atoms with E-state index in [1.54, 1.807) is 62.9 Å². The highest BCUT2D eigenvalue weighted by atomic mass is 35.5. The number of amides is 2. The van der Waals surface area contributed by atoms with Crippen molar-refractivity contribution in [1.29, 1.82) is 0 Å². The molecule has 0 bridgehead atoms. The number of fused-ring (bicyclic) bond motifs is 1. The minimum Gasteiger partial charge on any atom is -0.493 e. The Bertz CT molecular complexity index is 1470. The molecule has 0 aliphatic heterocycles. The van der Waals surface area contributed by atoms with Gasteiger partial charge in [-0.15, -0.1) is 12.4 Å². The molecule has 196 valence electrons. The number of carbonyl (C=O) groups excluding carboxylic acids is 2. The minimum absolute atomic E-state index is 0. The van der Waals surface area contributed by atoms with Gasteiger partial charge in [-0.05, 0) is 73.5 Å². The summed E-state index contributed by atoms with van der Waals surface area (Å²) in [7, 11) is 3.12. The molecular formula is C28H25ClFN3O5. The second kappa shape index (κ2) is 10.9. The molecular weight excluding hydrogens is 513 g/mol. The first-order valence-electron chi connectivity index (χ1n) is 11.6. The van der Waals surface area contributed by atoms with Crippen LogP contribution in [0.25, 0.3) is 10.9 Å². The Balaban J connectivity index is 0.00000336. The van der Waals surface area contributed by atoms with Gasteiger partial charge in [0, 0.05) is 29.0 Å². The molecule has 0 unspecified atom stereocenters. The van der Waals surface area contributed by atoms with E-state index < -0.39 is 17.1 Å². The molecule has 1 aromatic heterocycles. The number of pyridine rings is 1. The van der Waals surface area contributed by atoms with Crippen LogP contribution < -0.4 is 24.8 Å². The maximum atomic E-state index is 13.1. The summed E-state index contributed by atoms with van der Waals surface area (Å²) >= 11 is 0. The molecule has 0 saturated heterocycles. The van der Waals surface area contributed by atoms with Crippen LogP contribution in [0, 0.1) is 11.2 Å². The third-order valence-corrected chi connectivity index (χ3v) is 6.27. The predicted octanol–water partition coefficient (Wildman–Crippen LogP) is 5.96. The molecule has 2 amide bonds. The molecule has 1 heterocycles.